The SMILES string of the molecule is CC(Cc1c[nH]c2ccccc12)NCC(F)CO. The third kappa shape index (κ3) is 3.09. The van der Waals surface area contributed by atoms with Gasteiger partial charge in [-0.05, 0) is 25.0 Å². The normalized spacial score (nSPS) is 14.8. The fourth-order valence-corrected chi connectivity index (χ4v) is 2.10. The molecule has 0 saturated carbocycles. The van der Waals surface area contributed by atoms with Crippen LogP contribution in [0.3, 0.4) is 0 Å². The number of nitrogens with one attached hydrogen (secondary N) is 2. The number of para-hydroxylation sites is 1. The maximum atomic E-state index is 12.9. The summed E-state index contributed by atoms with van der Waals surface area (Å²) < 4.78 is 12.9. The molecular formula is C14H19FN2O. The number of hydrogen-bond acceptors (Lipinski definition) is 2. The number of hydrogen-bond donors (Lipinski definition) is 3. The lowest BCUT2D eigenvalue weighted by Gasteiger charge is -2.14. The Bertz CT molecular complexity index is 497. The summed E-state index contributed by atoms with van der Waals surface area (Å²) >= 11 is 0. The van der Waals surface area contributed by atoms with E-state index in [1.807, 2.05) is 31.3 Å². The standard InChI is InChI=1S/C14H19FN2O/c1-10(16-8-12(15)9-18)6-11-7-17-14-5-3-2-4-13(11)14/h2-5,7,10,12,16-18H,6,8-9H2,1H3. The van der Waals surface area contributed by atoms with Crippen LogP contribution < -0.4 is 5.32 Å². The molecule has 0 radical (unpaired) electrons. The van der Waals surface area contributed by atoms with Crippen molar-refractivity contribution in [2.45, 2.75) is 25.6 Å². The molecule has 1 aromatic heterocycles. The summed E-state index contributed by atoms with van der Waals surface area (Å²) in [7, 11) is 0. The maximum Gasteiger partial charge on any atom is 0.135 e. The van der Waals surface area contributed by atoms with Gasteiger partial charge in [0.2, 0.25) is 0 Å². The zero-order valence-electron chi connectivity index (χ0n) is 10.5. The predicted octanol–water partition coefficient (Wildman–Crippen LogP) is 2.02. The third-order valence-corrected chi connectivity index (χ3v) is 3.09. The lowest BCUT2D eigenvalue weighted by molar-refractivity contribution is 0.172. The van der Waals surface area contributed by atoms with Gasteiger partial charge in [0.1, 0.15) is 6.17 Å². The van der Waals surface area contributed by atoms with E-state index in [0.717, 1.165) is 11.9 Å². The van der Waals surface area contributed by atoms with Crippen molar-refractivity contribution >= 4 is 10.9 Å². The van der Waals surface area contributed by atoms with Gasteiger partial charge in [-0.25, -0.2) is 4.39 Å². The molecule has 4 heteroatoms. The van der Waals surface area contributed by atoms with Gasteiger partial charge in [0.15, 0.2) is 0 Å². The average Bonchev–Trinajstić information content (AvgIpc) is 2.79. The molecule has 18 heavy (non-hydrogen) atoms. The second-order valence-corrected chi connectivity index (χ2v) is 4.65. The summed E-state index contributed by atoms with van der Waals surface area (Å²) in [5.74, 6) is 0. The summed E-state index contributed by atoms with van der Waals surface area (Å²) in [6, 6.07) is 8.31. The summed E-state index contributed by atoms with van der Waals surface area (Å²) in [4.78, 5) is 3.23. The topological polar surface area (TPSA) is 48.0 Å². The van der Waals surface area contributed by atoms with Crippen LogP contribution in [0.4, 0.5) is 4.39 Å². The molecule has 3 nitrogen and oxygen atoms in total. The Morgan fingerprint density at radius 1 is 1.39 bits per heavy atom. The van der Waals surface area contributed by atoms with Crippen molar-refractivity contribution in [2.75, 3.05) is 13.2 Å². The van der Waals surface area contributed by atoms with Crippen molar-refractivity contribution in [3.8, 4) is 0 Å². The van der Waals surface area contributed by atoms with E-state index in [1.54, 1.807) is 0 Å². The molecule has 2 aromatic rings. The lowest BCUT2D eigenvalue weighted by atomic mass is 10.1. The van der Waals surface area contributed by atoms with E-state index in [0.29, 0.717) is 0 Å². The molecule has 0 bridgehead atoms. The average molecular weight is 250 g/mol. The number of H-pyrrole nitrogens is 1. The van der Waals surface area contributed by atoms with Crippen molar-refractivity contribution in [3.63, 3.8) is 0 Å². The van der Waals surface area contributed by atoms with E-state index in [9.17, 15) is 4.39 Å². The van der Waals surface area contributed by atoms with Gasteiger partial charge in [0, 0.05) is 29.7 Å². The fraction of sp³-hybridized carbons (Fsp3) is 0.429. The van der Waals surface area contributed by atoms with Crippen molar-refractivity contribution < 1.29 is 9.50 Å². The van der Waals surface area contributed by atoms with Gasteiger partial charge in [-0.15, -0.1) is 0 Å². The van der Waals surface area contributed by atoms with Gasteiger partial charge in [-0.3, -0.25) is 0 Å². The molecule has 2 rings (SSSR count). The zero-order valence-corrected chi connectivity index (χ0v) is 10.5. The van der Waals surface area contributed by atoms with Crippen LogP contribution in [0.25, 0.3) is 10.9 Å². The number of aromatic nitrogens is 1. The Morgan fingerprint density at radius 3 is 2.94 bits per heavy atom. The van der Waals surface area contributed by atoms with Gasteiger partial charge in [0.05, 0.1) is 6.61 Å². The largest absolute Gasteiger partial charge is 0.393 e. The van der Waals surface area contributed by atoms with E-state index < -0.39 is 12.8 Å². The second-order valence-electron chi connectivity index (χ2n) is 4.65. The van der Waals surface area contributed by atoms with Gasteiger partial charge in [-0.2, -0.15) is 0 Å². The Hall–Kier alpha value is -1.39. The van der Waals surface area contributed by atoms with Crippen LogP contribution in [0.15, 0.2) is 30.5 Å². The van der Waals surface area contributed by atoms with Gasteiger partial charge >= 0.3 is 0 Å². The Morgan fingerprint density at radius 2 is 2.17 bits per heavy atom. The molecule has 1 heterocycles. The summed E-state index contributed by atoms with van der Waals surface area (Å²) in [6.07, 6.45) is 1.65. The summed E-state index contributed by atoms with van der Waals surface area (Å²) in [5.41, 5.74) is 2.35. The highest BCUT2D eigenvalue weighted by molar-refractivity contribution is 5.83. The zero-order chi connectivity index (χ0) is 13.0. The first-order chi connectivity index (χ1) is 8.70. The van der Waals surface area contributed by atoms with Crippen LogP contribution in [0.5, 0.6) is 0 Å². The first-order valence-electron chi connectivity index (χ1n) is 6.24. The quantitative estimate of drug-likeness (QED) is 0.734. The first kappa shape index (κ1) is 13.1. The van der Waals surface area contributed by atoms with E-state index in [4.69, 9.17) is 5.11 Å². The second kappa shape index (κ2) is 5.98. The van der Waals surface area contributed by atoms with Gasteiger partial charge in [0.25, 0.3) is 0 Å². The third-order valence-electron chi connectivity index (χ3n) is 3.09. The molecule has 0 saturated heterocycles. The van der Waals surface area contributed by atoms with Gasteiger partial charge < -0.3 is 15.4 Å². The molecular weight excluding hydrogens is 231 g/mol. The number of aromatic amines is 1. The van der Waals surface area contributed by atoms with Crippen molar-refractivity contribution in [2.24, 2.45) is 0 Å². The number of alkyl halides is 1. The smallest absolute Gasteiger partial charge is 0.135 e. The number of benzene rings is 1. The highest BCUT2D eigenvalue weighted by Crippen LogP contribution is 2.18. The number of aliphatic hydroxyl groups excluding tert-OH is 1. The molecule has 2 atom stereocenters. The molecule has 0 aliphatic carbocycles. The molecule has 0 aliphatic heterocycles. The van der Waals surface area contributed by atoms with Crippen LogP contribution in [0.2, 0.25) is 0 Å². The maximum absolute atomic E-state index is 12.9. The minimum absolute atomic E-state index is 0.175. The Balaban J connectivity index is 1.96. The highest BCUT2D eigenvalue weighted by atomic mass is 19.1. The molecule has 0 spiro atoms. The minimum Gasteiger partial charge on any atom is -0.393 e. The van der Waals surface area contributed by atoms with E-state index >= 15 is 0 Å². The van der Waals surface area contributed by atoms with Crippen LogP contribution in [-0.4, -0.2) is 35.5 Å². The summed E-state index contributed by atoms with van der Waals surface area (Å²) in [6.45, 7) is 1.79. The number of rotatable bonds is 6. The van der Waals surface area contributed by atoms with Crippen LogP contribution in [0, 0.1) is 0 Å². The monoisotopic (exact) mass is 250 g/mol. The van der Waals surface area contributed by atoms with Gasteiger partial charge in [-0.1, -0.05) is 18.2 Å². The molecule has 0 fully saturated rings. The molecule has 0 amide bonds. The van der Waals surface area contributed by atoms with E-state index in [1.165, 1.54) is 10.9 Å². The number of aliphatic hydroxyl groups is 1. The van der Waals surface area contributed by atoms with E-state index in [2.05, 4.69) is 16.4 Å². The Labute approximate surface area is 106 Å². The number of fused-ring (bicyclic) bond motifs is 1. The molecule has 1 aromatic carbocycles. The first-order valence-corrected chi connectivity index (χ1v) is 6.24. The number of halogens is 1. The van der Waals surface area contributed by atoms with Crippen LogP contribution >= 0.6 is 0 Å². The molecule has 0 aliphatic rings. The fourth-order valence-electron chi connectivity index (χ4n) is 2.10. The molecule has 2 unspecified atom stereocenters. The van der Waals surface area contributed by atoms with Crippen molar-refractivity contribution in [3.05, 3.63) is 36.0 Å². The summed E-state index contributed by atoms with van der Waals surface area (Å²) in [5, 5.41) is 12.9. The molecule has 98 valence electrons. The van der Waals surface area contributed by atoms with Crippen LogP contribution in [0.1, 0.15) is 12.5 Å². The predicted molar refractivity (Wildman–Crippen MR) is 71.4 cm³/mol. The van der Waals surface area contributed by atoms with E-state index in [-0.39, 0.29) is 12.6 Å². The molecule has 3 N–H and O–H groups in total. The van der Waals surface area contributed by atoms with Crippen molar-refractivity contribution in [1.82, 2.24) is 10.3 Å². The lowest BCUT2D eigenvalue weighted by Crippen LogP contribution is -2.34. The minimum atomic E-state index is -1.18. The Kier molecular flexibility index (Phi) is 4.33. The van der Waals surface area contributed by atoms with Crippen LogP contribution in [-0.2, 0) is 6.42 Å². The highest BCUT2D eigenvalue weighted by Gasteiger charge is 2.10. The van der Waals surface area contributed by atoms with Crippen molar-refractivity contribution in [1.29, 1.82) is 0 Å².